The molecule has 0 unspecified atom stereocenters. The zero-order valence-corrected chi connectivity index (χ0v) is 12.2. The number of nitrogens with zero attached hydrogens (tertiary/aromatic N) is 3. The largest absolute Gasteiger partial charge is 0.481 e. The highest BCUT2D eigenvalue weighted by atomic mass is 16.4. The number of aromatic nitrogens is 2. The van der Waals surface area contributed by atoms with Crippen LogP contribution in [0.15, 0.2) is 17.2 Å². The van der Waals surface area contributed by atoms with Crippen molar-refractivity contribution in [1.82, 2.24) is 9.55 Å². The van der Waals surface area contributed by atoms with Gasteiger partial charge in [-0.1, -0.05) is 0 Å². The number of rotatable bonds is 5. The molecule has 0 atom stereocenters. The van der Waals surface area contributed by atoms with Gasteiger partial charge in [-0.25, -0.2) is 4.98 Å². The SMILES string of the molecule is CC(C)(C)n1ccnc(N(CCC(=O)O)C2CC2)c1=O. The first-order valence-electron chi connectivity index (χ1n) is 6.87. The quantitative estimate of drug-likeness (QED) is 0.882. The normalized spacial score (nSPS) is 15.2. The van der Waals surface area contributed by atoms with Gasteiger partial charge in [-0.3, -0.25) is 9.59 Å². The van der Waals surface area contributed by atoms with Gasteiger partial charge in [0.15, 0.2) is 5.82 Å². The van der Waals surface area contributed by atoms with E-state index in [2.05, 4.69) is 4.98 Å². The van der Waals surface area contributed by atoms with Crippen LogP contribution in [0.3, 0.4) is 0 Å². The maximum atomic E-state index is 12.5. The molecule has 1 aromatic heterocycles. The lowest BCUT2D eigenvalue weighted by Crippen LogP contribution is -2.40. The molecular weight excluding hydrogens is 258 g/mol. The van der Waals surface area contributed by atoms with E-state index in [0.717, 1.165) is 12.8 Å². The molecule has 0 saturated heterocycles. The van der Waals surface area contributed by atoms with Gasteiger partial charge in [0.25, 0.3) is 5.56 Å². The molecule has 1 aromatic rings. The second-order valence-corrected chi connectivity index (χ2v) is 6.17. The van der Waals surface area contributed by atoms with Gasteiger partial charge >= 0.3 is 5.97 Å². The number of aliphatic carboxylic acids is 1. The Morgan fingerprint density at radius 1 is 1.50 bits per heavy atom. The first kappa shape index (κ1) is 14.6. The smallest absolute Gasteiger partial charge is 0.305 e. The Hall–Kier alpha value is -1.85. The van der Waals surface area contributed by atoms with Crippen LogP contribution in [0.4, 0.5) is 5.82 Å². The fraction of sp³-hybridized carbons (Fsp3) is 0.643. The standard InChI is InChI=1S/C14H21N3O3/c1-14(2,3)17-9-7-15-12(13(17)20)16(10-4-5-10)8-6-11(18)19/h7,9-10H,4-6,8H2,1-3H3,(H,18,19). The Morgan fingerprint density at radius 3 is 2.65 bits per heavy atom. The van der Waals surface area contributed by atoms with E-state index in [1.165, 1.54) is 0 Å². The average Bonchev–Trinajstić information content (AvgIpc) is 3.13. The molecule has 0 amide bonds. The van der Waals surface area contributed by atoms with E-state index in [0.29, 0.717) is 12.4 Å². The molecule has 20 heavy (non-hydrogen) atoms. The zero-order valence-electron chi connectivity index (χ0n) is 12.2. The summed E-state index contributed by atoms with van der Waals surface area (Å²) < 4.78 is 1.64. The number of hydrogen-bond acceptors (Lipinski definition) is 4. The summed E-state index contributed by atoms with van der Waals surface area (Å²) in [4.78, 5) is 29.3. The molecule has 0 bridgehead atoms. The Balaban J connectivity index is 2.34. The van der Waals surface area contributed by atoms with Gasteiger partial charge in [0.05, 0.1) is 6.42 Å². The molecule has 2 rings (SSSR count). The van der Waals surface area contributed by atoms with Crippen molar-refractivity contribution in [3.05, 3.63) is 22.7 Å². The van der Waals surface area contributed by atoms with Crippen molar-refractivity contribution in [2.45, 2.75) is 51.6 Å². The molecule has 6 heteroatoms. The second kappa shape index (κ2) is 5.26. The van der Waals surface area contributed by atoms with Gasteiger partial charge in [0.2, 0.25) is 0 Å². The molecule has 0 aromatic carbocycles. The Morgan fingerprint density at radius 2 is 2.15 bits per heavy atom. The first-order valence-corrected chi connectivity index (χ1v) is 6.87. The van der Waals surface area contributed by atoms with E-state index >= 15 is 0 Å². The van der Waals surface area contributed by atoms with Crippen molar-refractivity contribution in [2.24, 2.45) is 0 Å². The molecule has 1 heterocycles. The number of hydrogen-bond donors (Lipinski definition) is 1. The second-order valence-electron chi connectivity index (χ2n) is 6.17. The molecule has 6 nitrogen and oxygen atoms in total. The van der Waals surface area contributed by atoms with Crippen molar-refractivity contribution in [1.29, 1.82) is 0 Å². The Kier molecular flexibility index (Phi) is 3.83. The van der Waals surface area contributed by atoms with Gasteiger partial charge < -0.3 is 14.6 Å². The van der Waals surface area contributed by atoms with E-state index in [1.54, 1.807) is 17.0 Å². The molecule has 1 N–H and O–H groups in total. The molecule has 1 aliphatic rings. The summed E-state index contributed by atoms with van der Waals surface area (Å²) >= 11 is 0. The van der Waals surface area contributed by atoms with Crippen molar-refractivity contribution >= 4 is 11.8 Å². The van der Waals surface area contributed by atoms with E-state index < -0.39 is 5.97 Å². The van der Waals surface area contributed by atoms with Crippen molar-refractivity contribution in [2.75, 3.05) is 11.4 Å². The predicted octanol–water partition coefficient (Wildman–Crippen LogP) is 1.44. The van der Waals surface area contributed by atoms with E-state index in [-0.39, 0.29) is 23.6 Å². The van der Waals surface area contributed by atoms with Crippen LogP contribution in [0.5, 0.6) is 0 Å². The van der Waals surface area contributed by atoms with Crippen LogP contribution in [0.2, 0.25) is 0 Å². The minimum atomic E-state index is -0.859. The topological polar surface area (TPSA) is 75.4 Å². The molecule has 0 radical (unpaired) electrons. The lowest BCUT2D eigenvalue weighted by Gasteiger charge is -2.26. The third-order valence-corrected chi connectivity index (χ3v) is 3.37. The lowest BCUT2D eigenvalue weighted by molar-refractivity contribution is -0.136. The highest BCUT2D eigenvalue weighted by Crippen LogP contribution is 2.29. The zero-order chi connectivity index (χ0) is 14.9. The van der Waals surface area contributed by atoms with Gasteiger partial charge in [0, 0.05) is 30.5 Å². The number of anilines is 1. The summed E-state index contributed by atoms with van der Waals surface area (Å²) in [6.07, 6.45) is 5.28. The molecule has 1 saturated carbocycles. The molecule has 0 spiro atoms. The summed E-state index contributed by atoms with van der Waals surface area (Å²) in [5.74, 6) is -0.492. The lowest BCUT2D eigenvalue weighted by atomic mass is 10.1. The molecule has 1 aliphatic carbocycles. The number of carbonyl (C=O) groups is 1. The highest BCUT2D eigenvalue weighted by molar-refractivity contribution is 5.67. The Bertz CT molecular complexity index is 556. The molecule has 110 valence electrons. The maximum Gasteiger partial charge on any atom is 0.305 e. The monoisotopic (exact) mass is 279 g/mol. The van der Waals surface area contributed by atoms with Crippen molar-refractivity contribution < 1.29 is 9.90 Å². The summed E-state index contributed by atoms with van der Waals surface area (Å²) in [5.41, 5.74) is -0.478. The molecule has 1 fully saturated rings. The maximum absolute atomic E-state index is 12.5. The van der Waals surface area contributed by atoms with Crippen LogP contribution in [-0.2, 0) is 10.3 Å². The van der Waals surface area contributed by atoms with Crippen LogP contribution < -0.4 is 10.5 Å². The van der Waals surface area contributed by atoms with E-state index in [4.69, 9.17) is 5.11 Å². The van der Waals surface area contributed by atoms with Crippen molar-refractivity contribution in [3.8, 4) is 0 Å². The summed E-state index contributed by atoms with van der Waals surface area (Å²) in [5, 5.41) is 8.83. The summed E-state index contributed by atoms with van der Waals surface area (Å²) in [6, 6.07) is 0.255. The van der Waals surface area contributed by atoms with Gasteiger partial charge in [-0.2, -0.15) is 0 Å². The highest BCUT2D eigenvalue weighted by Gasteiger charge is 2.32. The predicted molar refractivity (Wildman–Crippen MR) is 76.1 cm³/mol. The molecular formula is C14H21N3O3. The van der Waals surface area contributed by atoms with Gasteiger partial charge in [-0.15, -0.1) is 0 Å². The van der Waals surface area contributed by atoms with Crippen LogP contribution in [0, 0.1) is 0 Å². The summed E-state index contributed by atoms with van der Waals surface area (Å²) in [6.45, 7) is 6.20. The third-order valence-electron chi connectivity index (χ3n) is 3.37. The van der Waals surface area contributed by atoms with Crippen LogP contribution in [0.1, 0.15) is 40.0 Å². The fourth-order valence-electron chi connectivity index (χ4n) is 2.19. The van der Waals surface area contributed by atoms with E-state index in [1.807, 2.05) is 25.7 Å². The molecule has 0 aliphatic heterocycles. The summed E-state index contributed by atoms with van der Waals surface area (Å²) in [7, 11) is 0. The van der Waals surface area contributed by atoms with Crippen molar-refractivity contribution in [3.63, 3.8) is 0 Å². The van der Waals surface area contributed by atoms with Gasteiger partial charge in [-0.05, 0) is 33.6 Å². The average molecular weight is 279 g/mol. The van der Waals surface area contributed by atoms with Crippen LogP contribution in [0.25, 0.3) is 0 Å². The Labute approximate surface area is 118 Å². The number of carboxylic acids is 1. The minimum absolute atomic E-state index is 0.0159. The van der Waals surface area contributed by atoms with Crippen LogP contribution in [-0.4, -0.2) is 33.2 Å². The van der Waals surface area contributed by atoms with Gasteiger partial charge in [0.1, 0.15) is 0 Å². The minimum Gasteiger partial charge on any atom is -0.481 e. The third kappa shape index (κ3) is 3.18. The fourth-order valence-corrected chi connectivity index (χ4v) is 2.19. The number of carboxylic acid groups (broad SMARTS) is 1. The first-order chi connectivity index (χ1) is 9.30. The van der Waals surface area contributed by atoms with E-state index in [9.17, 15) is 9.59 Å². The van der Waals surface area contributed by atoms with Crippen LogP contribution >= 0.6 is 0 Å².